The minimum absolute atomic E-state index is 0.533. The third-order valence-corrected chi connectivity index (χ3v) is 3.95. The molecule has 1 atom stereocenters. The first kappa shape index (κ1) is 15.9. The molecule has 1 aliphatic rings. The number of nitrogens with one attached hydrogen (secondary N) is 2. The first-order chi connectivity index (χ1) is 10.1. The van der Waals surface area contributed by atoms with E-state index in [0.29, 0.717) is 17.1 Å². The zero-order chi connectivity index (χ0) is 15.2. The second kappa shape index (κ2) is 7.54. The van der Waals surface area contributed by atoms with Gasteiger partial charge >= 0.3 is 0 Å². The fraction of sp³-hybridized carbons (Fsp3) is 0.667. The summed E-state index contributed by atoms with van der Waals surface area (Å²) in [7, 11) is 0. The topological polar surface area (TPSA) is 53.1 Å². The normalized spacial score (nSPS) is 18.4. The molecule has 2 heterocycles. The predicted molar refractivity (Wildman–Crippen MR) is 91.9 cm³/mol. The van der Waals surface area contributed by atoms with Crippen molar-refractivity contribution in [2.45, 2.75) is 52.5 Å². The summed E-state index contributed by atoms with van der Waals surface area (Å²) in [6, 6.07) is 2.58. The Bertz CT molecular complexity index is 491. The number of nitrogens with zero attached hydrogens (tertiary/aromatic N) is 3. The quantitative estimate of drug-likeness (QED) is 0.834. The zero-order valence-corrected chi connectivity index (χ0v) is 14.0. The number of aryl methyl sites for hydroxylation is 1. The second-order valence-electron chi connectivity index (χ2n) is 5.61. The molecule has 0 aliphatic carbocycles. The molecule has 0 radical (unpaired) electrons. The van der Waals surface area contributed by atoms with E-state index in [1.807, 2.05) is 6.92 Å². The molecule has 1 fully saturated rings. The van der Waals surface area contributed by atoms with Gasteiger partial charge in [-0.3, -0.25) is 0 Å². The number of aromatic nitrogens is 2. The monoisotopic (exact) mass is 307 g/mol. The average Bonchev–Trinajstić information content (AvgIpc) is 2.45. The molecule has 6 heteroatoms. The molecule has 2 N–H and O–H groups in total. The lowest BCUT2D eigenvalue weighted by Crippen LogP contribution is -2.38. The van der Waals surface area contributed by atoms with Gasteiger partial charge in [-0.25, -0.2) is 4.98 Å². The highest BCUT2D eigenvalue weighted by Crippen LogP contribution is 2.24. The van der Waals surface area contributed by atoms with Gasteiger partial charge in [0.25, 0.3) is 0 Å². The van der Waals surface area contributed by atoms with Crippen molar-refractivity contribution in [3.8, 4) is 0 Å². The van der Waals surface area contributed by atoms with Crippen molar-refractivity contribution in [2.75, 3.05) is 23.3 Å². The fourth-order valence-electron chi connectivity index (χ4n) is 2.58. The number of thiocarbonyl (C=S) groups is 1. The minimum Gasteiger partial charge on any atom is -0.362 e. The Balaban J connectivity index is 2.11. The summed E-state index contributed by atoms with van der Waals surface area (Å²) in [6.45, 7) is 8.28. The van der Waals surface area contributed by atoms with Gasteiger partial charge in [0.15, 0.2) is 5.11 Å². The van der Waals surface area contributed by atoms with E-state index < -0.39 is 0 Å². The molecule has 0 saturated carbocycles. The molecule has 116 valence electrons. The van der Waals surface area contributed by atoms with Crippen LogP contribution in [0.15, 0.2) is 6.07 Å². The first-order valence-corrected chi connectivity index (χ1v) is 8.18. The maximum absolute atomic E-state index is 5.25. The van der Waals surface area contributed by atoms with Crippen molar-refractivity contribution in [1.82, 2.24) is 15.3 Å². The Hall–Kier alpha value is -1.43. The third kappa shape index (κ3) is 4.52. The van der Waals surface area contributed by atoms with Crippen LogP contribution in [-0.4, -0.2) is 34.2 Å². The Morgan fingerprint density at radius 3 is 2.95 bits per heavy atom. The van der Waals surface area contributed by atoms with Crippen LogP contribution in [0.25, 0.3) is 0 Å². The minimum atomic E-state index is 0.533. The van der Waals surface area contributed by atoms with Crippen LogP contribution < -0.4 is 15.5 Å². The Kier molecular flexibility index (Phi) is 5.73. The van der Waals surface area contributed by atoms with Crippen LogP contribution in [0.4, 0.5) is 11.8 Å². The lowest BCUT2D eigenvalue weighted by atomic mass is 10.0. The van der Waals surface area contributed by atoms with E-state index in [-0.39, 0.29) is 0 Å². The Labute approximate surface area is 132 Å². The molecule has 2 rings (SSSR count). The lowest BCUT2D eigenvalue weighted by molar-refractivity contribution is 0.481. The van der Waals surface area contributed by atoms with Gasteiger partial charge < -0.3 is 15.5 Å². The zero-order valence-electron chi connectivity index (χ0n) is 13.1. The van der Waals surface area contributed by atoms with Crippen LogP contribution >= 0.6 is 12.2 Å². The molecule has 5 nitrogen and oxygen atoms in total. The van der Waals surface area contributed by atoms with E-state index in [9.17, 15) is 0 Å². The van der Waals surface area contributed by atoms with Gasteiger partial charge in [-0.2, -0.15) is 4.98 Å². The molecule has 21 heavy (non-hydrogen) atoms. The summed E-state index contributed by atoms with van der Waals surface area (Å²) in [4.78, 5) is 11.4. The van der Waals surface area contributed by atoms with E-state index >= 15 is 0 Å². The van der Waals surface area contributed by atoms with Gasteiger partial charge in [-0.05, 0) is 51.7 Å². The molecule has 1 aliphatic heterocycles. The highest BCUT2D eigenvalue weighted by Gasteiger charge is 2.20. The van der Waals surface area contributed by atoms with E-state index in [2.05, 4.69) is 45.4 Å². The Morgan fingerprint density at radius 1 is 1.43 bits per heavy atom. The molecule has 0 amide bonds. The van der Waals surface area contributed by atoms with Crippen LogP contribution in [-0.2, 0) is 0 Å². The third-order valence-electron chi connectivity index (χ3n) is 3.70. The number of rotatable bonds is 4. The van der Waals surface area contributed by atoms with Crippen molar-refractivity contribution < 1.29 is 0 Å². The van der Waals surface area contributed by atoms with Crippen molar-refractivity contribution in [1.29, 1.82) is 0 Å². The fourth-order valence-corrected chi connectivity index (χ4v) is 2.77. The van der Waals surface area contributed by atoms with Gasteiger partial charge in [0, 0.05) is 30.9 Å². The molecule has 0 spiro atoms. The molecule has 0 unspecified atom stereocenters. The van der Waals surface area contributed by atoms with Gasteiger partial charge in [-0.1, -0.05) is 6.92 Å². The lowest BCUT2D eigenvalue weighted by Gasteiger charge is -2.34. The SMILES string of the molecule is CCCNC(=S)Nc1nc(C)cc(N2CCCC[C@@H]2C)n1. The van der Waals surface area contributed by atoms with Gasteiger partial charge in [-0.15, -0.1) is 0 Å². The summed E-state index contributed by atoms with van der Waals surface area (Å²) >= 11 is 5.25. The molecule has 1 aromatic rings. The van der Waals surface area contributed by atoms with E-state index in [1.54, 1.807) is 0 Å². The van der Waals surface area contributed by atoms with Crippen molar-refractivity contribution >= 4 is 29.1 Å². The number of piperidine rings is 1. The smallest absolute Gasteiger partial charge is 0.231 e. The summed E-state index contributed by atoms with van der Waals surface area (Å²) in [6.07, 6.45) is 4.79. The molecule has 0 aromatic carbocycles. The van der Waals surface area contributed by atoms with E-state index in [0.717, 1.165) is 31.0 Å². The largest absolute Gasteiger partial charge is 0.362 e. The number of hydrogen-bond acceptors (Lipinski definition) is 4. The standard InChI is InChI=1S/C15H25N5S/c1-4-8-16-15(21)19-14-17-11(2)10-13(18-14)20-9-6-5-7-12(20)3/h10,12H,4-9H2,1-3H3,(H2,16,17,18,19,21)/t12-/m0/s1. The van der Waals surface area contributed by atoms with Gasteiger partial charge in [0.05, 0.1) is 0 Å². The van der Waals surface area contributed by atoms with Gasteiger partial charge in [0.1, 0.15) is 5.82 Å². The Morgan fingerprint density at radius 2 is 2.24 bits per heavy atom. The van der Waals surface area contributed by atoms with Gasteiger partial charge in [0.2, 0.25) is 5.95 Å². The molecule has 0 bridgehead atoms. The second-order valence-corrected chi connectivity index (χ2v) is 6.02. The van der Waals surface area contributed by atoms with Crippen LogP contribution in [0.3, 0.4) is 0 Å². The summed E-state index contributed by atoms with van der Waals surface area (Å²) in [5, 5.41) is 6.80. The van der Waals surface area contributed by atoms with Crippen LogP contribution in [0.2, 0.25) is 0 Å². The highest BCUT2D eigenvalue weighted by atomic mass is 32.1. The van der Waals surface area contributed by atoms with Crippen LogP contribution in [0.1, 0.15) is 45.2 Å². The number of anilines is 2. The maximum atomic E-state index is 5.25. The number of hydrogen-bond donors (Lipinski definition) is 2. The summed E-state index contributed by atoms with van der Waals surface area (Å²) < 4.78 is 0. The molecular weight excluding hydrogens is 282 g/mol. The summed E-state index contributed by atoms with van der Waals surface area (Å²) in [5.74, 6) is 1.58. The van der Waals surface area contributed by atoms with E-state index in [4.69, 9.17) is 12.2 Å². The van der Waals surface area contributed by atoms with Crippen molar-refractivity contribution in [3.05, 3.63) is 11.8 Å². The predicted octanol–water partition coefficient (Wildman–Crippen LogP) is 2.86. The first-order valence-electron chi connectivity index (χ1n) is 7.77. The summed E-state index contributed by atoms with van der Waals surface area (Å²) in [5.41, 5.74) is 0.957. The maximum Gasteiger partial charge on any atom is 0.231 e. The average molecular weight is 307 g/mol. The van der Waals surface area contributed by atoms with Crippen LogP contribution in [0, 0.1) is 6.92 Å². The van der Waals surface area contributed by atoms with Crippen molar-refractivity contribution in [2.24, 2.45) is 0 Å². The van der Waals surface area contributed by atoms with Crippen LogP contribution in [0.5, 0.6) is 0 Å². The van der Waals surface area contributed by atoms with Crippen molar-refractivity contribution in [3.63, 3.8) is 0 Å². The highest BCUT2D eigenvalue weighted by molar-refractivity contribution is 7.80. The molecule has 1 aromatic heterocycles. The van der Waals surface area contributed by atoms with E-state index in [1.165, 1.54) is 19.3 Å². The molecular formula is C15H25N5S. The molecule has 1 saturated heterocycles.